The van der Waals surface area contributed by atoms with Gasteiger partial charge < -0.3 is 4.74 Å². The van der Waals surface area contributed by atoms with E-state index in [1.807, 2.05) is 6.07 Å². The zero-order chi connectivity index (χ0) is 17.8. The van der Waals surface area contributed by atoms with Crippen LogP contribution in [0.2, 0.25) is 0 Å². The first kappa shape index (κ1) is 18.4. The van der Waals surface area contributed by atoms with Crippen molar-refractivity contribution in [2.75, 3.05) is 23.8 Å². The molecular weight excluding hydrogens is 356 g/mol. The fourth-order valence-electron chi connectivity index (χ4n) is 2.81. The molecule has 1 aromatic carbocycles. The molecule has 134 valence electrons. The Morgan fingerprint density at radius 1 is 1.44 bits per heavy atom. The average molecular weight is 379 g/mol. The summed E-state index contributed by atoms with van der Waals surface area (Å²) >= 11 is 2.56. The molecule has 0 spiro atoms. The first-order chi connectivity index (χ1) is 12.1. The van der Waals surface area contributed by atoms with Crippen LogP contribution >= 0.6 is 23.1 Å². The summed E-state index contributed by atoms with van der Waals surface area (Å²) in [6.45, 7) is 4.84. The second-order valence-corrected chi connectivity index (χ2v) is 8.23. The lowest BCUT2D eigenvalue weighted by Crippen LogP contribution is -2.38. The van der Waals surface area contributed by atoms with Crippen molar-refractivity contribution in [2.45, 2.75) is 39.2 Å². The molecule has 1 aliphatic heterocycles. The minimum absolute atomic E-state index is 0.0458. The summed E-state index contributed by atoms with van der Waals surface area (Å²) in [5.41, 5.74) is 2.16. The molecule has 1 aliphatic rings. The van der Waals surface area contributed by atoms with Crippen LogP contribution in [0.5, 0.6) is 0 Å². The first-order valence-electron chi connectivity index (χ1n) is 8.51. The van der Waals surface area contributed by atoms with Gasteiger partial charge in [-0.1, -0.05) is 36.1 Å². The van der Waals surface area contributed by atoms with Crippen LogP contribution in [0.4, 0.5) is 5.13 Å². The lowest BCUT2D eigenvalue weighted by atomic mass is 10.2. The Bertz CT molecular complexity index is 769. The van der Waals surface area contributed by atoms with Crippen molar-refractivity contribution in [3.05, 3.63) is 23.8 Å². The zero-order valence-electron chi connectivity index (χ0n) is 14.5. The second kappa shape index (κ2) is 8.29. The summed E-state index contributed by atoms with van der Waals surface area (Å²) in [7, 11) is 0. The standard InChI is InChI=1S/C18H22N2O3S2/c1-3-13-6-7-15-16(9-13)25-18(19-15)20(10-14-5-4-8-23-14)17(22)11-24-12(2)21/h6-7,9,14H,3-5,8,10-11H2,1-2H3. The van der Waals surface area contributed by atoms with E-state index in [1.165, 1.54) is 23.8 Å². The number of thioether (sulfide) groups is 1. The Hall–Kier alpha value is -1.44. The third-order valence-corrected chi connectivity index (χ3v) is 6.03. The number of carbonyl (C=O) groups is 2. The van der Waals surface area contributed by atoms with Gasteiger partial charge >= 0.3 is 0 Å². The van der Waals surface area contributed by atoms with Crippen molar-refractivity contribution in [3.63, 3.8) is 0 Å². The number of aryl methyl sites for hydroxylation is 1. The van der Waals surface area contributed by atoms with Crippen LogP contribution in [0, 0.1) is 0 Å². The van der Waals surface area contributed by atoms with Gasteiger partial charge in [-0.3, -0.25) is 14.5 Å². The second-order valence-electron chi connectivity index (χ2n) is 6.07. The Morgan fingerprint density at radius 3 is 2.96 bits per heavy atom. The third-order valence-electron chi connectivity index (χ3n) is 4.19. The first-order valence-corrected chi connectivity index (χ1v) is 10.3. The quantitative estimate of drug-likeness (QED) is 0.768. The summed E-state index contributed by atoms with van der Waals surface area (Å²) < 4.78 is 6.78. The van der Waals surface area contributed by atoms with E-state index in [0.717, 1.165) is 47.8 Å². The number of carbonyl (C=O) groups excluding carboxylic acids is 2. The normalized spacial score (nSPS) is 17.1. The number of ether oxygens (including phenoxy) is 1. The van der Waals surface area contributed by atoms with Crippen molar-refractivity contribution in [3.8, 4) is 0 Å². The molecule has 1 saturated heterocycles. The van der Waals surface area contributed by atoms with E-state index in [1.54, 1.807) is 4.90 Å². The van der Waals surface area contributed by atoms with E-state index >= 15 is 0 Å². The molecular formula is C18H22N2O3S2. The number of hydrogen-bond donors (Lipinski definition) is 0. The van der Waals surface area contributed by atoms with Crippen LogP contribution in [0.15, 0.2) is 18.2 Å². The maximum Gasteiger partial charge on any atom is 0.239 e. The van der Waals surface area contributed by atoms with E-state index in [-0.39, 0.29) is 22.9 Å². The molecule has 1 unspecified atom stereocenters. The number of thiazole rings is 1. The van der Waals surface area contributed by atoms with E-state index in [9.17, 15) is 9.59 Å². The molecule has 0 saturated carbocycles. The SMILES string of the molecule is CCc1ccc2nc(N(CC3CCCO3)C(=O)CSC(C)=O)sc2c1. The van der Waals surface area contributed by atoms with Gasteiger partial charge in [0.25, 0.3) is 0 Å². The summed E-state index contributed by atoms with van der Waals surface area (Å²) in [6.07, 6.45) is 2.99. The Kier molecular flexibility index (Phi) is 6.09. The summed E-state index contributed by atoms with van der Waals surface area (Å²) in [4.78, 5) is 30.3. The van der Waals surface area contributed by atoms with Gasteiger partial charge in [0.2, 0.25) is 5.91 Å². The molecule has 1 aromatic heterocycles. The van der Waals surface area contributed by atoms with Crippen LogP contribution in [0.25, 0.3) is 10.2 Å². The number of rotatable bonds is 6. The molecule has 5 nitrogen and oxygen atoms in total. The van der Waals surface area contributed by atoms with Crippen LogP contribution in [-0.2, 0) is 20.7 Å². The molecule has 2 aromatic rings. The predicted octanol–water partition coefficient (Wildman–Crippen LogP) is 3.65. The highest BCUT2D eigenvalue weighted by molar-refractivity contribution is 8.14. The molecule has 0 N–H and O–H groups in total. The fraction of sp³-hybridized carbons (Fsp3) is 0.500. The molecule has 25 heavy (non-hydrogen) atoms. The Labute approximate surface area is 155 Å². The van der Waals surface area contributed by atoms with E-state index < -0.39 is 0 Å². The van der Waals surface area contributed by atoms with Crippen LogP contribution in [0.1, 0.15) is 32.3 Å². The number of aromatic nitrogens is 1. The highest BCUT2D eigenvalue weighted by atomic mass is 32.2. The molecule has 0 aliphatic carbocycles. The average Bonchev–Trinajstić information content (AvgIpc) is 3.25. The summed E-state index contributed by atoms with van der Waals surface area (Å²) in [5, 5.41) is 0.634. The van der Waals surface area contributed by atoms with Gasteiger partial charge in [0.1, 0.15) is 0 Å². The van der Waals surface area contributed by atoms with E-state index in [0.29, 0.717) is 11.7 Å². The van der Waals surface area contributed by atoms with Gasteiger partial charge in [-0.15, -0.1) is 0 Å². The maximum absolute atomic E-state index is 12.7. The fourth-order valence-corrected chi connectivity index (χ4v) is 4.35. The lowest BCUT2D eigenvalue weighted by molar-refractivity contribution is -0.117. The maximum atomic E-state index is 12.7. The van der Waals surface area contributed by atoms with Crippen LogP contribution < -0.4 is 4.90 Å². The van der Waals surface area contributed by atoms with E-state index in [4.69, 9.17) is 4.74 Å². The number of benzene rings is 1. The zero-order valence-corrected chi connectivity index (χ0v) is 16.1. The van der Waals surface area contributed by atoms with Gasteiger partial charge in [-0.05, 0) is 37.0 Å². The van der Waals surface area contributed by atoms with E-state index in [2.05, 4.69) is 24.0 Å². The molecule has 1 fully saturated rings. The molecule has 7 heteroatoms. The molecule has 2 heterocycles. The number of anilines is 1. The van der Waals surface area contributed by atoms with Crippen molar-refractivity contribution < 1.29 is 14.3 Å². The van der Waals surface area contributed by atoms with Gasteiger partial charge in [0, 0.05) is 13.5 Å². The lowest BCUT2D eigenvalue weighted by Gasteiger charge is -2.22. The number of fused-ring (bicyclic) bond motifs is 1. The van der Waals surface area contributed by atoms with Crippen molar-refractivity contribution in [1.29, 1.82) is 0 Å². The smallest absolute Gasteiger partial charge is 0.239 e. The topological polar surface area (TPSA) is 59.5 Å². The van der Waals surface area contributed by atoms with Gasteiger partial charge in [0.05, 0.1) is 28.6 Å². The molecule has 1 amide bonds. The van der Waals surface area contributed by atoms with Crippen molar-refractivity contribution in [1.82, 2.24) is 4.98 Å². The monoisotopic (exact) mass is 378 g/mol. The van der Waals surface area contributed by atoms with Gasteiger partial charge in [-0.2, -0.15) is 0 Å². The van der Waals surface area contributed by atoms with Crippen molar-refractivity contribution in [2.24, 2.45) is 0 Å². The van der Waals surface area contributed by atoms with Gasteiger partial charge in [-0.25, -0.2) is 4.98 Å². The van der Waals surface area contributed by atoms with Crippen LogP contribution in [0.3, 0.4) is 0 Å². The molecule has 3 rings (SSSR count). The molecule has 0 bridgehead atoms. The predicted molar refractivity (Wildman–Crippen MR) is 103 cm³/mol. The minimum Gasteiger partial charge on any atom is -0.376 e. The van der Waals surface area contributed by atoms with Crippen LogP contribution in [-0.4, -0.2) is 41.0 Å². The molecule has 1 atom stereocenters. The summed E-state index contributed by atoms with van der Waals surface area (Å²) in [5.74, 6) is 0.0449. The Morgan fingerprint density at radius 2 is 2.28 bits per heavy atom. The van der Waals surface area contributed by atoms with Gasteiger partial charge in [0.15, 0.2) is 10.2 Å². The third kappa shape index (κ3) is 4.59. The molecule has 0 radical (unpaired) electrons. The number of amides is 1. The summed E-state index contributed by atoms with van der Waals surface area (Å²) in [6, 6.07) is 6.21. The highest BCUT2D eigenvalue weighted by Crippen LogP contribution is 2.31. The number of hydrogen-bond acceptors (Lipinski definition) is 6. The van der Waals surface area contributed by atoms with Crippen molar-refractivity contribution >= 4 is 49.5 Å². The largest absolute Gasteiger partial charge is 0.376 e. The highest BCUT2D eigenvalue weighted by Gasteiger charge is 2.26. The minimum atomic E-state index is -0.0922. The number of nitrogens with zero attached hydrogens (tertiary/aromatic N) is 2. The Balaban J connectivity index is 1.86.